The summed E-state index contributed by atoms with van der Waals surface area (Å²) in [6, 6.07) is 16.3. The van der Waals surface area contributed by atoms with E-state index in [1.54, 1.807) is 58.3 Å². The normalized spacial score (nSPS) is 10.8. The van der Waals surface area contributed by atoms with E-state index in [1.807, 2.05) is 30.3 Å². The molecule has 0 fully saturated rings. The Hall–Kier alpha value is -3.51. The minimum atomic E-state index is -0.171. The van der Waals surface area contributed by atoms with Gasteiger partial charge in [0.05, 0.1) is 11.2 Å². The summed E-state index contributed by atoms with van der Waals surface area (Å²) in [5.41, 5.74) is 2.02. The molecule has 0 atom stereocenters. The van der Waals surface area contributed by atoms with E-state index >= 15 is 0 Å². The average Bonchev–Trinajstić information content (AvgIpc) is 3.15. The van der Waals surface area contributed by atoms with Crippen molar-refractivity contribution in [2.45, 2.75) is 13.1 Å². The molecule has 0 bridgehead atoms. The Morgan fingerprint density at radius 2 is 1.86 bits per heavy atom. The summed E-state index contributed by atoms with van der Waals surface area (Å²) in [6.45, 7) is 0.314. The summed E-state index contributed by atoms with van der Waals surface area (Å²) < 4.78 is 3.47. The fourth-order valence-corrected chi connectivity index (χ4v) is 3.21. The maximum Gasteiger partial charge on any atom is 0.266 e. The number of ketones is 1. The molecule has 0 spiro atoms. The number of benzene rings is 2. The Labute approximate surface area is 172 Å². The predicted molar refractivity (Wildman–Crippen MR) is 111 cm³/mol. The molecule has 2 aromatic carbocycles. The number of anilines is 1. The molecule has 0 aliphatic carbocycles. The fourth-order valence-electron chi connectivity index (χ4n) is 3.08. The minimum absolute atomic E-state index is 0.0318. The van der Waals surface area contributed by atoms with E-state index in [0.29, 0.717) is 16.3 Å². The van der Waals surface area contributed by atoms with E-state index in [4.69, 9.17) is 11.6 Å². The maximum atomic E-state index is 12.5. The predicted octanol–water partition coefficient (Wildman–Crippen LogP) is 3.50. The molecule has 144 valence electrons. The number of carbonyl (C=O) groups is 2. The lowest BCUT2D eigenvalue weighted by Crippen LogP contribution is -2.36. The summed E-state index contributed by atoms with van der Waals surface area (Å²) in [5.74, 6) is -0.203. The summed E-state index contributed by atoms with van der Waals surface area (Å²) in [7, 11) is 0. The Bertz CT molecular complexity index is 1180. The van der Waals surface area contributed by atoms with E-state index in [9.17, 15) is 9.59 Å². The van der Waals surface area contributed by atoms with Crippen LogP contribution in [0, 0.1) is 0 Å². The van der Waals surface area contributed by atoms with Gasteiger partial charge in [-0.15, -0.1) is 0 Å². The van der Waals surface area contributed by atoms with Gasteiger partial charge >= 0.3 is 0 Å². The van der Waals surface area contributed by atoms with Gasteiger partial charge in [-0.25, -0.2) is 9.13 Å². The molecule has 4 rings (SSSR count). The van der Waals surface area contributed by atoms with Crippen LogP contribution in [-0.4, -0.2) is 21.2 Å². The topological polar surface area (TPSA) is 67.9 Å². The van der Waals surface area contributed by atoms with Gasteiger partial charge in [0.1, 0.15) is 12.4 Å². The first kappa shape index (κ1) is 18.8. The lowest BCUT2D eigenvalue weighted by Gasteiger charge is -2.06. The van der Waals surface area contributed by atoms with Crippen molar-refractivity contribution in [2.24, 2.45) is 0 Å². The van der Waals surface area contributed by atoms with E-state index in [2.05, 4.69) is 10.3 Å². The number of halogens is 1. The minimum Gasteiger partial charge on any atom is -0.321 e. The number of carbonyl (C=O) groups excluding carboxylic acids is 2. The highest BCUT2D eigenvalue weighted by Crippen LogP contribution is 2.20. The van der Waals surface area contributed by atoms with E-state index in [0.717, 1.165) is 10.9 Å². The average molecular weight is 406 g/mol. The number of amides is 1. The van der Waals surface area contributed by atoms with Gasteiger partial charge in [0.25, 0.3) is 5.91 Å². The standard InChI is InChI=1S/C22H17ClN4O2/c23-18-8-6-16(7-9-18)20(28)13-26-11-12-27(15-26)14-21(29)25-19-5-1-3-17-4-2-10-24-22(17)19/h1-12,15H,13-14H2/p+1. The monoisotopic (exact) mass is 405 g/mol. The second kappa shape index (κ2) is 8.24. The van der Waals surface area contributed by atoms with Gasteiger partial charge in [0, 0.05) is 22.2 Å². The van der Waals surface area contributed by atoms with Gasteiger partial charge in [0.2, 0.25) is 12.1 Å². The summed E-state index contributed by atoms with van der Waals surface area (Å²) in [4.78, 5) is 29.2. The van der Waals surface area contributed by atoms with Crippen molar-refractivity contribution in [3.05, 3.63) is 90.1 Å². The first-order valence-electron chi connectivity index (χ1n) is 9.06. The molecule has 0 radical (unpaired) electrons. The molecular weight excluding hydrogens is 388 g/mol. The molecular formula is C22H18ClN4O2+. The Balaban J connectivity index is 1.40. The first-order chi connectivity index (χ1) is 14.1. The van der Waals surface area contributed by atoms with Gasteiger partial charge in [0.15, 0.2) is 13.1 Å². The van der Waals surface area contributed by atoms with Gasteiger partial charge in [-0.3, -0.25) is 14.6 Å². The third-order valence-corrected chi connectivity index (χ3v) is 4.72. The number of nitrogens with one attached hydrogen (secondary N) is 1. The molecule has 4 aromatic rings. The molecule has 1 amide bonds. The van der Waals surface area contributed by atoms with Crippen molar-refractivity contribution < 1.29 is 14.2 Å². The van der Waals surface area contributed by atoms with Crippen molar-refractivity contribution in [2.75, 3.05) is 5.32 Å². The zero-order valence-corrected chi connectivity index (χ0v) is 16.2. The zero-order chi connectivity index (χ0) is 20.2. The smallest absolute Gasteiger partial charge is 0.266 e. The fraction of sp³-hybridized carbons (Fsp3) is 0.0909. The lowest BCUT2D eigenvalue weighted by atomic mass is 10.1. The highest BCUT2D eigenvalue weighted by molar-refractivity contribution is 6.30. The van der Waals surface area contributed by atoms with Crippen LogP contribution in [0.5, 0.6) is 0 Å². The van der Waals surface area contributed by atoms with Crippen LogP contribution < -0.4 is 9.88 Å². The Morgan fingerprint density at radius 3 is 2.69 bits per heavy atom. The number of aromatic nitrogens is 3. The van der Waals surface area contributed by atoms with Crippen LogP contribution in [0.4, 0.5) is 5.69 Å². The number of Topliss-reactive ketones (excluding diaryl/α,β-unsaturated/α-hetero) is 1. The number of para-hydroxylation sites is 1. The number of imidazole rings is 1. The molecule has 29 heavy (non-hydrogen) atoms. The molecule has 7 heteroatoms. The number of fused-ring (bicyclic) bond motifs is 1. The molecule has 0 saturated heterocycles. The third kappa shape index (κ3) is 4.50. The highest BCUT2D eigenvalue weighted by Gasteiger charge is 2.14. The van der Waals surface area contributed by atoms with Crippen molar-refractivity contribution >= 4 is 39.9 Å². The third-order valence-electron chi connectivity index (χ3n) is 4.47. The summed E-state index contributed by atoms with van der Waals surface area (Å²) >= 11 is 5.86. The van der Waals surface area contributed by atoms with E-state index in [1.165, 1.54) is 0 Å². The van der Waals surface area contributed by atoms with Crippen LogP contribution in [0.25, 0.3) is 10.9 Å². The Morgan fingerprint density at radius 1 is 1.07 bits per heavy atom. The second-order valence-corrected chi connectivity index (χ2v) is 7.05. The van der Waals surface area contributed by atoms with Gasteiger partial charge in [-0.05, 0) is 36.4 Å². The van der Waals surface area contributed by atoms with Crippen LogP contribution >= 0.6 is 11.6 Å². The number of hydrogen-bond acceptors (Lipinski definition) is 3. The molecule has 0 aliphatic rings. The van der Waals surface area contributed by atoms with Gasteiger partial charge in [-0.2, -0.15) is 0 Å². The van der Waals surface area contributed by atoms with E-state index in [-0.39, 0.29) is 24.8 Å². The summed E-state index contributed by atoms with van der Waals surface area (Å²) in [5, 5.41) is 4.46. The molecule has 0 unspecified atom stereocenters. The second-order valence-electron chi connectivity index (χ2n) is 6.62. The number of rotatable bonds is 6. The van der Waals surface area contributed by atoms with Crippen molar-refractivity contribution in [1.29, 1.82) is 0 Å². The van der Waals surface area contributed by atoms with Crippen molar-refractivity contribution in [1.82, 2.24) is 9.55 Å². The molecule has 0 saturated carbocycles. The van der Waals surface area contributed by atoms with E-state index < -0.39 is 0 Å². The summed E-state index contributed by atoms with van der Waals surface area (Å²) in [6.07, 6.45) is 6.95. The quantitative estimate of drug-likeness (QED) is 0.394. The highest BCUT2D eigenvalue weighted by atomic mass is 35.5. The lowest BCUT2D eigenvalue weighted by molar-refractivity contribution is -0.682. The van der Waals surface area contributed by atoms with Crippen molar-refractivity contribution in [3.8, 4) is 0 Å². The molecule has 0 aliphatic heterocycles. The largest absolute Gasteiger partial charge is 0.321 e. The molecule has 6 nitrogen and oxygen atoms in total. The molecule has 2 heterocycles. The molecule has 1 N–H and O–H groups in total. The number of nitrogens with zero attached hydrogens (tertiary/aromatic N) is 3. The number of hydrogen-bond donors (Lipinski definition) is 1. The van der Waals surface area contributed by atoms with Gasteiger partial charge < -0.3 is 5.32 Å². The number of pyridine rings is 1. The van der Waals surface area contributed by atoms with Crippen LogP contribution in [0.15, 0.2) is 79.5 Å². The zero-order valence-electron chi connectivity index (χ0n) is 15.5. The van der Waals surface area contributed by atoms with Gasteiger partial charge in [-0.1, -0.05) is 29.8 Å². The maximum absolute atomic E-state index is 12.5. The van der Waals surface area contributed by atoms with Crippen LogP contribution in [0.1, 0.15) is 10.4 Å². The van der Waals surface area contributed by atoms with Crippen molar-refractivity contribution in [3.63, 3.8) is 0 Å². The van der Waals surface area contributed by atoms with Crippen LogP contribution in [0.2, 0.25) is 5.02 Å². The van der Waals surface area contributed by atoms with Crippen LogP contribution in [0.3, 0.4) is 0 Å². The SMILES string of the molecule is O=C(Cn1cc[n+](CC(=O)c2ccc(Cl)cc2)c1)Nc1cccc2cccnc12. The molecule has 2 aromatic heterocycles. The first-order valence-corrected chi connectivity index (χ1v) is 9.43. The van der Waals surface area contributed by atoms with Crippen LogP contribution in [-0.2, 0) is 17.9 Å². The Kier molecular flexibility index (Phi) is 5.35.